The molecule has 0 spiro atoms. The molecule has 1 fully saturated rings. The van der Waals surface area contributed by atoms with E-state index in [0.29, 0.717) is 12.4 Å². The largest absolute Gasteiger partial charge is 0.403 e. The third-order valence-corrected chi connectivity index (χ3v) is 4.40. The van der Waals surface area contributed by atoms with Crippen LogP contribution in [0.25, 0.3) is 5.69 Å². The number of hydrogen-bond acceptors (Lipinski definition) is 7. The Bertz CT molecular complexity index is 824. The van der Waals surface area contributed by atoms with Gasteiger partial charge in [-0.3, -0.25) is 14.4 Å². The Balaban J connectivity index is 1.98. The fourth-order valence-electron chi connectivity index (χ4n) is 2.82. The topological polar surface area (TPSA) is 119 Å². The van der Waals surface area contributed by atoms with E-state index in [1.165, 1.54) is 11.2 Å². The van der Waals surface area contributed by atoms with Crippen LogP contribution in [-0.4, -0.2) is 29.2 Å². The Kier molecular flexibility index (Phi) is 5.55. The molecule has 0 saturated carbocycles. The summed E-state index contributed by atoms with van der Waals surface area (Å²) in [5.41, 5.74) is 13.3. The zero-order valence-corrected chi connectivity index (χ0v) is 14.7. The van der Waals surface area contributed by atoms with Gasteiger partial charge in [-0.2, -0.15) is 0 Å². The molecular weight excluding hydrogens is 330 g/mol. The summed E-state index contributed by atoms with van der Waals surface area (Å²) in [6.07, 6.45) is 7.38. The van der Waals surface area contributed by atoms with Crippen molar-refractivity contribution in [2.45, 2.75) is 19.3 Å². The highest BCUT2D eigenvalue weighted by molar-refractivity contribution is 5.52. The summed E-state index contributed by atoms with van der Waals surface area (Å²) in [6.45, 7) is 2.33. The molecule has 0 aliphatic carbocycles. The molecule has 0 unspecified atom stereocenters. The van der Waals surface area contributed by atoms with Crippen LogP contribution < -0.4 is 32.8 Å². The predicted octanol–water partition coefficient (Wildman–Crippen LogP) is 0.444. The molecule has 26 heavy (non-hydrogen) atoms. The molecule has 8 heteroatoms. The third kappa shape index (κ3) is 3.71. The van der Waals surface area contributed by atoms with E-state index in [9.17, 15) is 4.79 Å². The minimum Gasteiger partial charge on any atom is -0.403 e. The summed E-state index contributed by atoms with van der Waals surface area (Å²) in [7, 11) is 0. The highest BCUT2D eigenvalue weighted by atomic mass is 16.1. The van der Waals surface area contributed by atoms with Crippen molar-refractivity contribution in [2.75, 3.05) is 29.5 Å². The second kappa shape index (κ2) is 8.03. The fourth-order valence-corrected chi connectivity index (χ4v) is 2.82. The Morgan fingerprint density at radius 3 is 2.54 bits per heavy atom. The third-order valence-electron chi connectivity index (χ3n) is 4.40. The first-order valence-electron chi connectivity index (χ1n) is 8.74. The number of nitrogens with two attached hydrogens (primary N) is 3. The predicted molar refractivity (Wildman–Crippen MR) is 104 cm³/mol. The molecule has 2 heterocycles. The minimum atomic E-state index is -0.111. The molecule has 0 amide bonds. The Labute approximate surface area is 152 Å². The molecule has 0 radical (unpaired) electrons. The molecule has 1 aliphatic rings. The van der Waals surface area contributed by atoms with Crippen LogP contribution in [0, 0.1) is 0 Å². The van der Waals surface area contributed by atoms with Gasteiger partial charge in [-0.25, -0.2) is 10.8 Å². The Hall–Kier alpha value is -2.84. The average molecular weight is 355 g/mol. The van der Waals surface area contributed by atoms with E-state index in [2.05, 4.69) is 4.98 Å². The van der Waals surface area contributed by atoms with Gasteiger partial charge >= 0.3 is 0 Å². The van der Waals surface area contributed by atoms with Crippen LogP contribution >= 0.6 is 0 Å². The van der Waals surface area contributed by atoms with E-state index in [0.717, 1.165) is 49.4 Å². The number of nitrogens with zero attached hydrogens (tertiary/aromatic N) is 4. The first kappa shape index (κ1) is 18.0. The van der Waals surface area contributed by atoms with Gasteiger partial charge in [0.2, 0.25) is 0 Å². The number of hydrazine groups is 1. The van der Waals surface area contributed by atoms with Gasteiger partial charge < -0.3 is 16.4 Å². The normalized spacial score (nSPS) is 13.8. The lowest BCUT2D eigenvalue weighted by atomic mass is 10.2. The standard InChI is InChI=1S/C18H25N7O/c19-8-1-3-14-13-24(18(26)17(22-14)23-10-2-11-23)15-4-6-16(7-5-15)25(21)12-9-20/h4-7,9,12-13H,1-3,8,10-11,19-21H2/b12-9-. The van der Waals surface area contributed by atoms with Gasteiger partial charge in [0.25, 0.3) is 5.56 Å². The van der Waals surface area contributed by atoms with Crippen molar-refractivity contribution >= 4 is 11.5 Å². The number of aryl methyl sites for hydroxylation is 1. The van der Waals surface area contributed by atoms with Crippen LogP contribution in [0.15, 0.2) is 47.7 Å². The van der Waals surface area contributed by atoms with Crippen LogP contribution in [0.3, 0.4) is 0 Å². The van der Waals surface area contributed by atoms with Gasteiger partial charge in [-0.05, 0) is 50.1 Å². The molecule has 1 saturated heterocycles. The highest BCUT2D eigenvalue weighted by Gasteiger charge is 2.21. The van der Waals surface area contributed by atoms with Gasteiger partial charge in [-0.15, -0.1) is 0 Å². The van der Waals surface area contributed by atoms with E-state index in [-0.39, 0.29) is 5.56 Å². The lowest BCUT2D eigenvalue weighted by Gasteiger charge is -2.31. The van der Waals surface area contributed by atoms with Crippen molar-refractivity contribution in [1.82, 2.24) is 9.55 Å². The fraction of sp³-hybridized carbons (Fsp3) is 0.333. The average Bonchev–Trinajstić information content (AvgIpc) is 2.61. The number of hydrogen-bond donors (Lipinski definition) is 3. The molecule has 1 aromatic carbocycles. The highest BCUT2D eigenvalue weighted by Crippen LogP contribution is 2.19. The summed E-state index contributed by atoms with van der Waals surface area (Å²) in [5.74, 6) is 6.38. The molecule has 1 aromatic heterocycles. The van der Waals surface area contributed by atoms with Crippen molar-refractivity contribution in [1.29, 1.82) is 0 Å². The summed E-state index contributed by atoms with van der Waals surface area (Å²) < 4.78 is 1.65. The molecule has 138 valence electrons. The first-order chi connectivity index (χ1) is 12.6. The summed E-state index contributed by atoms with van der Waals surface area (Å²) in [6, 6.07) is 7.39. The zero-order chi connectivity index (χ0) is 18.5. The molecular formula is C18H25N7O. The first-order valence-corrected chi connectivity index (χ1v) is 8.74. The second-order valence-corrected chi connectivity index (χ2v) is 6.23. The van der Waals surface area contributed by atoms with E-state index in [1.54, 1.807) is 17.0 Å². The Morgan fingerprint density at radius 2 is 1.96 bits per heavy atom. The van der Waals surface area contributed by atoms with Gasteiger partial charge in [-0.1, -0.05) is 0 Å². The van der Waals surface area contributed by atoms with Crippen LogP contribution in [0.5, 0.6) is 0 Å². The summed E-state index contributed by atoms with van der Waals surface area (Å²) in [5, 5.41) is 1.41. The van der Waals surface area contributed by atoms with Gasteiger partial charge in [0, 0.05) is 37.4 Å². The van der Waals surface area contributed by atoms with Gasteiger partial charge in [0.05, 0.1) is 11.4 Å². The quantitative estimate of drug-likeness (QED) is 0.487. The number of anilines is 2. The number of benzene rings is 1. The van der Waals surface area contributed by atoms with Crippen LogP contribution in [0.4, 0.5) is 11.5 Å². The van der Waals surface area contributed by atoms with Crippen LogP contribution in [0.1, 0.15) is 18.5 Å². The smallest absolute Gasteiger partial charge is 0.298 e. The van der Waals surface area contributed by atoms with Crippen molar-refractivity contribution < 1.29 is 0 Å². The zero-order valence-electron chi connectivity index (χ0n) is 14.7. The maximum atomic E-state index is 12.9. The van der Waals surface area contributed by atoms with E-state index in [1.807, 2.05) is 29.2 Å². The monoisotopic (exact) mass is 355 g/mol. The summed E-state index contributed by atoms with van der Waals surface area (Å²) >= 11 is 0. The van der Waals surface area contributed by atoms with E-state index >= 15 is 0 Å². The Morgan fingerprint density at radius 1 is 1.23 bits per heavy atom. The number of aromatic nitrogens is 2. The number of rotatable bonds is 7. The second-order valence-electron chi connectivity index (χ2n) is 6.23. The van der Waals surface area contributed by atoms with Crippen LogP contribution in [0.2, 0.25) is 0 Å². The molecule has 0 bridgehead atoms. The lowest BCUT2D eigenvalue weighted by molar-refractivity contribution is 0.600. The molecule has 2 aromatic rings. The van der Waals surface area contributed by atoms with E-state index in [4.69, 9.17) is 17.3 Å². The van der Waals surface area contributed by atoms with Crippen molar-refractivity contribution in [3.63, 3.8) is 0 Å². The van der Waals surface area contributed by atoms with Crippen molar-refractivity contribution in [2.24, 2.45) is 17.3 Å². The molecule has 0 atom stereocenters. The summed E-state index contributed by atoms with van der Waals surface area (Å²) in [4.78, 5) is 19.5. The van der Waals surface area contributed by atoms with Crippen LogP contribution in [-0.2, 0) is 6.42 Å². The SMILES string of the molecule is N/C=C\N(N)c1ccc(-n2cc(CCCN)nc(N3CCC3)c2=O)cc1. The lowest BCUT2D eigenvalue weighted by Crippen LogP contribution is -2.42. The molecule has 6 N–H and O–H groups in total. The molecule has 8 nitrogen and oxygen atoms in total. The maximum absolute atomic E-state index is 12.9. The minimum absolute atomic E-state index is 0.111. The molecule has 3 rings (SSSR count). The van der Waals surface area contributed by atoms with Crippen molar-refractivity contribution in [3.8, 4) is 5.69 Å². The van der Waals surface area contributed by atoms with Gasteiger partial charge in [0.15, 0.2) is 5.82 Å². The maximum Gasteiger partial charge on any atom is 0.298 e. The van der Waals surface area contributed by atoms with E-state index < -0.39 is 0 Å². The van der Waals surface area contributed by atoms with Gasteiger partial charge in [0.1, 0.15) is 0 Å². The van der Waals surface area contributed by atoms with Crippen molar-refractivity contribution in [3.05, 3.63) is 58.9 Å². The molecule has 1 aliphatic heterocycles.